The quantitative estimate of drug-likeness (QED) is 0.489. The molecule has 1 atom stereocenters. The Morgan fingerprint density at radius 2 is 2.03 bits per heavy atom. The number of amides is 1. The first-order valence-corrected chi connectivity index (χ1v) is 11.0. The van der Waals surface area contributed by atoms with Gasteiger partial charge in [0, 0.05) is 43.7 Å². The van der Waals surface area contributed by atoms with Gasteiger partial charge in [-0.15, -0.1) is 0 Å². The summed E-state index contributed by atoms with van der Waals surface area (Å²) in [5.41, 5.74) is 4.09. The van der Waals surface area contributed by atoms with Crippen molar-refractivity contribution >= 4 is 17.7 Å². The van der Waals surface area contributed by atoms with E-state index in [1.807, 2.05) is 43.8 Å². The SMILES string of the molecule is Cc1cnc(Nc2ccnn2C)nc1-c1cc2n(c1)CC(C)N(Cc1ccc(F)c(C)n1)C2=O. The van der Waals surface area contributed by atoms with Gasteiger partial charge >= 0.3 is 0 Å². The van der Waals surface area contributed by atoms with Crippen LogP contribution in [-0.4, -0.2) is 46.1 Å². The first-order valence-electron chi connectivity index (χ1n) is 11.0. The molecule has 5 heterocycles. The normalized spacial score (nSPS) is 15.5. The number of aryl methyl sites for hydroxylation is 3. The van der Waals surface area contributed by atoms with E-state index >= 15 is 0 Å². The molecular weight excluding hydrogens is 435 g/mol. The number of nitrogens with one attached hydrogen (secondary N) is 1. The van der Waals surface area contributed by atoms with E-state index in [0.29, 0.717) is 36.1 Å². The molecule has 5 rings (SSSR count). The standard InChI is InChI=1S/C24H25FN8O/c1-14-10-26-24(29-21-7-8-27-31(21)4)30-22(14)17-9-20-23(34)33(15(2)11-32(20)12-17)13-18-5-6-19(25)16(3)28-18/h5-10,12,15H,11,13H2,1-4H3,(H,26,29,30). The minimum absolute atomic E-state index is 0.0408. The molecule has 4 aromatic rings. The van der Waals surface area contributed by atoms with Gasteiger partial charge in [-0.05, 0) is 44.5 Å². The third-order valence-corrected chi connectivity index (χ3v) is 6.09. The highest BCUT2D eigenvalue weighted by Crippen LogP contribution is 2.29. The van der Waals surface area contributed by atoms with Gasteiger partial charge in [-0.2, -0.15) is 5.10 Å². The van der Waals surface area contributed by atoms with Crippen molar-refractivity contribution in [1.82, 2.24) is 34.2 Å². The van der Waals surface area contributed by atoms with E-state index in [1.54, 1.807) is 35.0 Å². The van der Waals surface area contributed by atoms with Crippen LogP contribution < -0.4 is 5.32 Å². The fourth-order valence-corrected chi connectivity index (χ4v) is 4.19. The molecule has 4 aromatic heterocycles. The zero-order valence-corrected chi connectivity index (χ0v) is 19.4. The van der Waals surface area contributed by atoms with E-state index in [0.717, 1.165) is 22.6 Å². The summed E-state index contributed by atoms with van der Waals surface area (Å²) in [4.78, 5) is 28.5. The molecule has 174 valence electrons. The maximum atomic E-state index is 13.6. The zero-order chi connectivity index (χ0) is 24.0. The summed E-state index contributed by atoms with van der Waals surface area (Å²) in [7, 11) is 1.83. The molecule has 0 spiro atoms. The Kier molecular flexibility index (Phi) is 5.35. The molecule has 1 N–H and O–H groups in total. The van der Waals surface area contributed by atoms with Crippen LogP contribution in [0.2, 0.25) is 0 Å². The summed E-state index contributed by atoms with van der Waals surface area (Å²) in [6, 6.07) is 6.69. The summed E-state index contributed by atoms with van der Waals surface area (Å²) < 4.78 is 17.3. The van der Waals surface area contributed by atoms with E-state index in [-0.39, 0.29) is 17.8 Å². The number of rotatable bonds is 5. The number of carbonyl (C=O) groups excluding carboxylic acids is 1. The largest absolute Gasteiger partial charge is 0.341 e. The van der Waals surface area contributed by atoms with Gasteiger partial charge in [0.25, 0.3) is 5.91 Å². The van der Waals surface area contributed by atoms with Crippen LogP contribution in [0.5, 0.6) is 0 Å². The summed E-state index contributed by atoms with van der Waals surface area (Å²) >= 11 is 0. The van der Waals surface area contributed by atoms with Gasteiger partial charge in [-0.25, -0.2) is 14.4 Å². The van der Waals surface area contributed by atoms with Crippen molar-refractivity contribution in [2.45, 2.75) is 39.9 Å². The van der Waals surface area contributed by atoms with Crippen molar-refractivity contribution in [3.8, 4) is 11.3 Å². The molecule has 1 aliphatic rings. The predicted octanol–water partition coefficient (Wildman–Crippen LogP) is 3.62. The zero-order valence-electron chi connectivity index (χ0n) is 19.4. The molecule has 0 aromatic carbocycles. The molecule has 1 amide bonds. The minimum atomic E-state index is -0.349. The lowest BCUT2D eigenvalue weighted by atomic mass is 10.1. The summed E-state index contributed by atoms with van der Waals surface area (Å²) in [5.74, 6) is 0.786. The Labute approximate surface area is 196 Å². The van der Waals surface area contributed by atoms with Crippen LogP contribution in [0.15, 0.2) is 42.9 Å². The van der Waals surface area contributed by atoms with Crippen molar-refractivity contribution in [2.75, 3.05) is 5.32 Å². The van der Waals surface area contributed by atoms with Crippen LogP contribution in [0, 0.1) is 19.7 Å². The fourth-order valence-electron chi connectivity index (χ4n) is 4.19. The number of hydrogen-bond donors (Lipinski definition) is 1. The molecule has 0 bridgehead atoms. The van der Waals surface area contributed by atoms with Crippen molar-refractivity contribution in [2.24, 2.45) is 7.05 Å². The Morgan fingerprint density at radius 3 is 2.76 bits per heavy atom. The van der Waals surface area contributed by atoms with Crippen LogP contribution in [0.25, 0.3) is 11.3 Å². The van der Waals surface area contributed by atoms with Gasteiger partial charge in [0.1, 0.15) is 17.3 Å². The van der Waals surface area contributed by atoms with E-state index in [2.05, 4.69) is 20.4 Å². The number of hydrogen-bond acceptors (Lipinski definition) is 6. The lowest BCUT2D eigenvalue weighted by molar-refractivity contribution is 0.0592. The second-order valence-electron chi connectivity index (χ2n) is 8.61. The molecule has 0 aliphatic carbocycles. The van der Waals surface area contributed by atoms with Crippen LogP contribution in [0.4, 0.5) is 16.2 Å². The van der Waals surface area contributed by atoms with Crippen molar-refractivity contribution < 1.29 is 9.18 Å². The first-order chi connectivity index (χ1) is 16.3. The Hall–Kier alpha value is -4.08. The molecule has 0 saturated heterocycles. The van der Waals surface area contributed by atoms with Crippen LogP contribution in [-0.2, 0) is 20.1 Å². The number of nitrogens with zero attached hydrogens (tertiary/aromatic N) is 7. The highest BCUT2D eigenvalue weighted by atomic mass is 19.1. The Balaban J connectivity index is 1.43. The molecular formula is C24H25FN8O. The molecule has 0 saturated carbocycles. The smallest absolute Gasteiger partial charge is 0.271 e. The number of aromatic nitrogens is 6. The average molecular weight is 461 g/mol. The Bertz CT molecular complexity index is 1390. The molecule has 1 unspecified atom stereocenters. The lowest BCUT2D eigenvalue weighted by Crippen LogP contribution is -2.45. The van der Waals surface area contributed by atoms with Gasteiger partial charge in [-0.1, -0.05) is 0 Å². The molecule has 0 fully saturated rings. The van der Waals surface area contributed by atoms with Gasteiger partial charge in [0.05, 0.1) is 29.8 Å². The van der Waals surface area contributed by atoms with Crippen LogP contribution >= 0.6 is 0 Å². The molecule has 34 heavy (non-hydrogen) atoms. The van der Waals surface area contributed by atoms with Gasteiger partial charge in [-0.3, -0.25) is 14.5 Å². The highest BCUT2D eigenvalue weighted by Gasteiger charge is 2.31. The van der Waals surface area contributed by atoms with E-state index in [9.17, 15) is 9.18 Å². The number of pyridine rings is 1. The highest BCUT2D eigenvalue weighted by molar-refractivity contribution is 5.95. The Morgan fingerprint density at radius 1 is 1.21 bits per heavy atom. The molecule has 0 radical (unpaired) electrons. The monoisotopic (exact) mass is 460 g/mol. The second kappa shape index (κ2) is 8.36. The van der Waals surface area contributed by atoms with Crippen molar-refractivity contribution in [3.63, 3.8) is 0 Å². The lowest BCUT2D eigenvalue weighted by Gasteiger charge is -2.34. The van der Waals surface area contributed by atoms with Gasteiger partial charge < -0.3 is 14.8 Å². The topological polar surface area (TPSA) is 93.8 Å². The fraction of sp³-hybridized carbons (Fsp3) is 0.292. The maximum absolute atomic E-state index is 13.6. The van der Waals surface area contributed by atoms with Gasteiger partial charge in [0.15, 0.2) is 0 Å². The van der Waals surface area contributed by atoms with Gasteiger partial charge in [0.2, 0.25) is 5.95 Å². The minimum Gasteiger partial charge on any atom is -0.341 e. The third-order valence-electron chi connectivity index (χ3n) is 6.09. The third kappa shape index (κ3) is 3.91. The van der Waals surface area contributed by atoms with Crippen molar-refractivity contribution in [3.05, 3.63) is 71.3 Å². The molecule has 1 aliphatic heterocycles. The molecule has 10 heteroatoms. The molecule has 9 nitrogen and oxygen atoms in total. The van der Waals surface area contributed by atoms with Crippen LogP contribution in [0.1, 0.15) is 34.4 Å². The summed E-state index contributed by atoms with van der Waals surface area (Å²) in [5, 5.41) is 7.32. The van der Waals surface area contributed by atoms with E-state index < -0.39 is 0 Å². The number of anilines is 2. The van der Waals surface area contributed by atoms with E-state index in [4.69, 9.17) is 4.98 Å². The predicted molar refractivity (Wildman–Crippen MR) is 125 cm³/mol. The summed E-state index contributed by atoms with van der Waals surface area (Å²) in [6.45, 7) is 6.54. The number of fused-ring (bicyclic) bond motifs is 1. The maximum Gasteiger partial charge on any atom is 0.271 e. The number of halogens is 1. The second-order valence-corrected chi connectivity index (χ2v) is 8.61. The number of carbonyl (C=O) groups is 1. The van der Waals surface area contributed by atoms with Crippen molar-refractivity contribution in [1.29, 1.82) is 0 Å². The average Bonchev–Trinajstić information content (AvgIpc) is 3.41. The summed E-state index contributed by atoms with van der Waals surface area (Å²) in [6.07, 6.45) is 5.42. The van der Waals surface area contributed by atoms with Crippen LogP contribution in [0.3, 0.4) is 0 Å². The van der Waals surface area contributed by atoms with E-state index in [1.165, 1.54) is 6.07 Å². The first kappa shape index (κ1) is 21.7.